The van der Waals surface area contributed by atoms with Gasteiger partial charge in [-0.05, 0) is 43.2 Å². The van der Waals surface area contributed by atoms with Gasteiger partial charge in [-0.15, -0.1) is 0 Å². The summed E-state index contributed by atoms with van der Waals surface area (Å²) in [7, 11) is 0. The summed E-state index contributed by atoms with van der Waals surface area (Å²) >= 11 is 0. The lowest BCUT2D eigenvalue weighted by molar-refractivity contribution is -0.192. The standard InChI is InChI=1S/C25H26N6O.C2HF3O2/c26-17-21-16-23(29-24(21)30-12-8-27-9-13-30)19-6-7-28-22(15-19)18-4-3-5-20(14-18)25(32)31-10-1-2-11-31;3-2(4,5)1(6)7/h3-7,14-16,27,29H,1-2,8-13H2;(H,6,7). The van der Waals surface area contributed by atoms with Crippen molar-refractivity contribution in [2.75, 3.05) is 44.2 Å². The number of carbonyl (C=O) groups is 2. The number of anilines is 1. The number of rotatable bonds is 4. The lowest BCUT2D eigenvalue weighted by Crippen LogP contribution is -2.44. The summed E-state index contributed by atoms with van der Waals surface area (Å²) < 4.78 is 31.7. The van der Waals surface area contributed by atoms with Crippen molar-refractivity contribution in [3.8, 4) is 28.6 Å². The molecular weight excluding hydrogens is 513 g/mol. The van der Waals surface area contributed by atoms with E-state index in [9.17, 15) is 23.2 Å². The van der Waals surface area contributed by atoms with Gasteiger partial charge in [0.05, 0.1) is 11.3 Å². The molecule has 2 aromatic heterocycles. The van der Waals surface area contributed by atoms with Crippen LogP contribution in [0.3, 0.4) is 0 Å². The molecule has 2 saturated heterocycles. The summed E-state index contributed by atoms with van der Waals surface area (Å²) in [4.78, 5) is 33.8. The Hall–Kier alpha value is -4.37. The second-order valence-corrected chi connectivity index (χ2v) is 9.11. The Balaban J connectivity index is 0.000000448. The quantitative estimate of drug-likeness (QED) is 0.458. The summed E-state index contributed by atoms with van der Waals surface area (Å²) in [6, 6.07) is 15.9. The second-order valence-electron chi connectivity index (χ2n) is 9.11. The number of hydrogen-bond acceptors (Lipinski definition) is 6. The van der Waals surface area contributed by atoms with Crippen LogP contribution in [-0.2, 0) is 4.79 Å². The smallest absolute Gasteiger partial charge is 0.475 e. The van der Waals surface area contributed by atoms with E-state index >= 15 is 0 Å². The molecule has 204 valence electrons. The van der Waals surface area contributed by atoms with Crippen LogP contribution in [0.2, 0.25) is 0 Å². The number of carbonyl (C=O) groups excluding carboxylic acids is 1. The van der Waals surface area contributed by atoms with E-state index in [2.05, 4.69) is 26.3 Å². The third-order valence-corrected chi connectivity index (χ3v) is 6.46. The first kappa shape index (κ1) is 27.7. The van der Waals surface area contributed by atoms with Gasteiger partial charge in [-0.3, -0.25) is 9.78 Å². The SMILES string of the molecule is N#Cc1cc(-c2ccnc(-c3cccc(C(=O)N4CCCC4)c3)c2)[nH]c1N1CCNCC1.O=C(O)C(F)(F)F. The maximum atomic E-state index is 12.8. The number of alkyl halides is 3. The van der Waals surface area contributed by atoms with Gasteiger partial charge in [-0.2, -0.15) is 18.4 Å². The van der Waals surface area contributed by atoms with E-state index in [1.54, 1.807) is 6.20 Å². The molecule has 0 atom stereocenters. The number of nitrogens with zero attached hydrogens (tertiary/aromatic N) is 4. The predicted octanol–water partition coefficient (Wildman–Crippen LogP) is 3.89. The first-order valence-corrected chi connectivity index (χ1v) is 12.4. The van der Waals surface area contributed by atoms with Gasteiger partial charge in [0.1, 0.15) is 11.9 Å². The summed E-state index contributed by atoms with van der Waals surface area (Å²) in [5.41, 5.74) is 4.91. The normalized spacial score (nSPS) is 15.3. The minimum absolute atomic E-state index is 0.0872. The Morgan fingerprint density at radius 2 is 1.69 bits per heavy atom. The molecule has 5 rings (SSSR count). The maximum absolute atomic E-state index is 12.8. The third-order valence-electron chi connectivity index (χ3n) is 6.46. The number of aliphatic carboxylic acids is 1. The van der Waals surface area contributed by atoms with Gasteiger partial charge < -0.3 is 25.2 Å². The highest BCUT2D eigenvalue weighted by Gasteiger charge is 2.38. The van der Waals surface area contributed by atoms with Crippen molar-refractivity contribution in [2.24, 2.45) is 0 Å². The number of amides is 1. The summed E-state index contributed by atoms with van der Waals surface area (Å²) in [5, 5.41) is 20.1. The number of carboxylic acid groups (broad SMARTS) is 1. The number of aromatic nitrogens is 2. The molecule has 9 nitrogen and oxygen atoms in total. The molecule has 0 bridgehead atoms. The zero-order chi connectivity index (χ0) is 28.0. The van der Waals surface area contributed by atoms with E-state index in [1.165, 1.54) is 0 Å². The predicted molar refractivity (Wildman–Crippen MR) is 138 cm³/mol. The van der Waals surface area contributed by atoms with Gasteiger partial charge in [-0.25, -0.2) is 4.79 Å². The third kappa shape index (κ3) is 6.74. The van der Waals surface area contributed by atoms with E-state index < -0.39 is 12.1 Å². The van der Waals surface area contributed by atoms with Crippen LogP contribution in [0, 0.1) is 11.3 Å². The Morgan fingerprint density at radius 3 is 2.33 bits per heavy atom. The van der Waals surface area contributed by atoms with Crippen LogP contribution in [0.4, 0.5) is 19.0 Å². The number of benzene rings is 1. The molecule has 3 N–H and O–H groups in total. The van der Waals surface area contributed by atoms with Crippen LogP contribution in [0.1, 0.15) is 28.8 Å². The average molecular weight is 541 g/mol. The van der Waals surface area contributed by atoms with Crippen LogP contribution in [0.25, 0.3) is 22.5 Å². The summed E-state index contributed by atoms with van der Waals surface area (Å²) in [6.07, 6.45) is -1.16. The molecule has 39 heavy (non-hydrogen) atoms. The molecule has 2 aliphatic rings. The van der Waals surface area contributed by atoms with Crippen molar-refractivity contribution in [1.29, 1.82) is 5.26 Å². The molecule has 0 spiro atoms. The second kappa shape index (κ2) is 12.0. The Kier molecular flexibility index (Phi) is 8.51. The molecule has 2 aliphatic heterocycles. The van der Waals surface area contributed by atoms with Crippen LogP contribution in [0.15, 0.2) is 48.7 Å². The molecule has 2 fully saturated rings. The monoisotopic (exact) mass is 540 g/mol. The van der Waals surface area contributed by atoms with Crippen LogP contribution < -0.4 is 10.2 Å². The Bertz CT molecular complexity index is 1370. The molecule has 0 unspecified atom stereocenters. The van der Waals surface area contributed by atoms with Gasteiger partial charge in [0.25, 0.3) is 5.91 Å². The highest BCUT2D eigenvalue weighted by atomic mass is 19.4. The van der Waals surface area contributed by atoms with Gasteiger partial charge in [-0.1, -0.05) is 12.1 Å². The highest BCUT2D eigenvalue weighted by molar-refractivity contribution is 5.95. The van der Waals surface area contributed by atoms with Gasteiger partial charge in [0.2, 0.25) is 0 Å². The van der Waals surface area contributed by atoms with Crippen LogP contribution >= 0.6 is 0 Å². The zero-order valence-electron chi connectivity index (χ0n) is 21.0. The van der Waals surface area contributed by atoms with Gasteiger partial charge in [0.15, 0.2) is 0 Å². The van der Waals surface area contributed by atoms with Gasteiger partial charge in [0, 0.05) is 67.8 Å². The lowest BCUT2D eigenvalue weighted by Gasteiger charge is -2.28. The van der Waals surface area contributed by atoms with E-state index in [1.807, 2.05) is 47.4 Å². The number of carboxylic acids is 1. The average Bonchev–Trinajstić information content (AvgIpc) is 3.64. The molecule has 0 saturated carbocycles. The summed E-state index contributed by atoms with van der Waals surface area (Å²) in [6.45, 7) is 5.22. The fourth-order valence-electron chi connectivity index (χ4n) is 4.49. The molecular formula is C27H27F3N6O3. The topological polar surface area (TPSA) is 125 Å². The number of nitrogens with one attached hydrogen (secondary N) is 2. The molecule has 12 heteroatoms. The molecule has 3 aromatic rings. The number of halogens is 3. The number of pyridine rings is 1. The zero-order valence-corrected chi connectivity index (χ0v) is 21.0. The van der Waals surface area contributed by atoms with Crippen molar-refractivity contribution in [2.45, 2.75) is 19.0 Å². The highest BCUT2D eigenvalue weighted by Crippen LogP contribution is 2.30. The number of H-pyrrole nitrogens is 1. The molecule has 4 heterocycles. The van der Waals surface area contributed by atoms with Crippen LogP contribution in [0.5, 0.6) is 0 Å². The molecule has 0 radical (unpaired) electrons. The van der Waals surface area contributed by atoms with E-state index in [0.717, 1.165) is 80.4 Å². The largest absolute Gasteiger partial charge is 0.490 e. The Morgan fingerprint density at radius 1 is 1.00 bits per heavy atom. The number of aromatic amines is 1. The number of hydrogen-bond donors (Lipinski definition) is 3. The van der Waals surface area contributed by atoms with Crippen molar-refractivity contribution >= 4 is 17.7 Å². The minimum Gasteiger partial charge on any atom is -0.475 e. The number of piperazine rings is 1. The van der Waals surface area contributed by atoms with E-state index in [4.69, 9.17) is 9.90 Å². The van der Waals surface area contributed by atoms with Crippen molar-refractivity contribution < 1.29 is 27.9 Å². The molecule has 1 amide bonds. The fourth-order valence-corrected chi connectivity index (χ4v) is 4.49. The van der Waals surface area contributed by atoms with Gasteiger partial charge >= 0.3 is 12.1 Å². The van der Waals surface area contributed by atoms with Crippen molar-refractivity contribution in [1.82, 2.24) is 20.2 Å². The number of nitriles is 1. The van der Waals surface area contributed by atoms with E-state index in [-0.39, 0.29) is 5.91 Å². The number of likely N-dealkylation sites (tertiary alicyclic amines) is 1. The molecule has 0 aliphatic carbocycles. The van der Waals surface area contributed by atoms with Crippen molar-refractivity contribution in [3.05, 3.63) is 59.8 Å². The Labute approximate surface area is 222 Å². The lowest BCUT2D eigenvalue weighted by atomic mass is 10.0. The van der Waals surface area contributed by atoms with Crippen molar-refractivity contribution in [3.63, 3.8) is 0 Å². The van der Waals surface area contributed by atoms with Crippen LogP contribution in [-0.4, -0.2) is 77.3 Å². The fraction of sp³-hybridized carbons (Fsp3) is 0.333. The maximum Gasteiger partial charge on any atom is 0.490 e. The molecule has 1 aromatic carbocycles. The van der Waals surface area contributed by atoms with E-state index in [0.29, 0.717) is 11.1 Å². The minimum atomic E-state index is -5.08. The first-order chi connectivity index (χ1) is 18.7. The first-order valence-electron chi connectivity index (χ1n) is 12.4. The summed E-state index contributed by atoms with van der Waals surface area (Å²) in [5.74, 6) is -1.79.